The summed E-state index contributed by atoms with van der Waals surface area (Å²) in [4.78, 5) is 0. The normalized spacial score (nSPS) is 53.2. The molecule has 0 bridgehead atoms. The molecule has 5 aliphatic rings. The van der Waals surface area contributed by atoms with E-state index < -0.39 is 6.10 Å². The second kappa shape index (κ2) is 20.0. The van der Waals surface area contributed by atoms with Crippen LogP contribution in [-0.2, 0) is 42.6 Å². The fourth-order valence-electron chi connectivity index (χ4n) is 10.3. The average molecular weight is 797 g/mol. The van der Waals surface area contributed by atoms with Crippen molar-refractivity contribution >= 4 is 0 Å². The summed E-state index contributed by atoms with van der Waals surface area (Å²) >= 11 is 0. The molecule has 5 aliphatic heterocycles. The van der Waals surface area contributed by atoms with Crippen molar-refractivity contribution in [2.45, 2.75) is 235 Å². The molecule has 25 atom stereocenters. The molecule has 5 fully saturated rings. The Morgan fingerprint density at radius 2 is 0.571 bits per heavy atom. The molecule has 0 aliphatic carbocycles. The molecule has 0 aromatic heterocycles. The molecule has 0 radical (unpaired) electrons. The van der Waals surface area contributed by atoms with Crippen LogP contribution in [0.5, 0.6) is 0 Å². The number of rotatable bonds is 13. The lowest BCUT2D eigenvalue weighted by atomic mass is 9.80. The Balaban J connectivity index is 1.22. The van der Waals surface area contributed by atoms with Gasteiger partial charge in [0.25, 0.3) is 0 Å². The van der Waals surface area contributed by atoms with Crippen molar-refractivity contribution in [1.82, 2.24) is 0 Å². The molecule has 1 N–H and O–H groups in total. The summed E-state index contributed by atoms with van der Waals surface area (Å²) < 4.78 is 61.1. The first kappa shape index (κ1) is 46.7. The summed E-state index contributed by atoms with van der Waals surface area (Å²) in [6.45, 7) is 35.3. The minimum absolute atomic E-state index is 0.00235. The number of hydrogen-bond acceptors (Lipinski definition) is 10. The van der Waals surface area contributed by atoms with Gasteiger partial charge >= 0.3 is 0 Å². The SMILES string of the molecule is CCC1OC(O[C@H]2C(CC)O[C@@H](O[C@H]3C(C)C(C)[C@@H](O[C@H]4C(C)C(C)[C@@H](O[C@H]5C(CC)O[C@@H](C)C(C)[C@H]5C)O[C@@H]4CC)O[C@@H]3CC)C(C)[C@H]2C)C(C)[C@@H](C)[C@H]1O. The van der Waals surface area contributed by atoms with Crippen molar-refractivity contribution in [2.75, 3.05) is 0 Å². The van der Waals surface area contributed by atoms with Crippen LogP contribution >= 0.6 is 0 Å². The molecule has 0 spiro atoms. The highest BCUT2D eigenvalue weighted by Gasteiger charge is 2.52. The van der Waals surface area contributed by atoms with Crippen LogP contribution in [-0.4, -0.2) is 97.4 Å². The first-order valence-corrected chi connectivity index (χ1v) is 23.1. The van der Waals surface area contributed by atoms with Gasteiger partial charge in [-0.05, 0) is 74.5 Å². The van der Waals surface area contributed by atoms with Crippen molar-refractivity contribution < 1.29 is 47.7 Å². The van der Waals surface area contributed by atoms with Crippen LogP contribution in [0.2, 0.25) is 0 Å². The first-order valence-electron chi connectivity index (χ1n) is 23.1. The number of aliphatic hydroxyl groups is 1. The molecular formula is C46H84O10. The van der Waals surface area contributed by atoms with E-state index in [0.717, 1.165) is 32.1 Å². The molecule has 11 unspecified atom stereocenters. The van der Waals surface area contributed by atoms with E-state index in [1.54, 1.807) is 0 Å². The highest BCUT2D eigenvalue weighted by Crippen LogP contribution is 2.45. The summed E-state index contributed by atoms with van der Waals surface area (Å²) in [5.41, 5.74) is 0. The van der Waals surface area contributed by atoms with Crippen molar-refractivity contribution in [1.29, 1.82) is 0 Å². The molecule has 5 rings (SSSR count). The molecule has 0 amide bonds. The van der Waals surface area contributed by atoms with E-state index in [2.05, 4.69) is 111 Å². The van der Waals surface area contributed by atoms with Crippen LogP contribution in [0.15, 0.2) is 0 Å². The van der Waals surface area contributed by atoms with E-state index in [1.807, 2.05) is 0 Å². The van der Waals surface area contributed by atoms with Gasteiger partial charge in [-0.2, -0.15) is 0 Å². The molecule has 10 nitrogen and oxygen atoms in total. The summed E-state index contributed by atoms with van der Waals surface area (Å²) in [5.74, 6) is 1.82. The predicted molar refractivity (Wildman–Crippen MR) is 218 cm³/mol. The maximum absolute atomic E-state index is 10.8. The van der Waals surface area contributed by atoms with Gasteiger partial charge in [0.1, 0.15) is 0 Å². The molecule has 0 aromatic rings. The third-order valence-corrected chi connectivity index (χ3v) is 15.9. The molecule has 5 saturated heterocycles. The van der Waals surface area contributed by atoms with Gasteiger partial charge in [0.2, 0.25) is 0 Å². The fourth-order valence-corrected chi connectivity index (χ4v) is 10.3. The van der Waals surface area contributed by atoms with Crippen molar-refractivity contribution in [3.05, 3.63) is 0 Å². The number of aliphatic hydroxyl groups excluding tert-OH is 1. The minimum Gasteiger partial charge on any atom is -0.390 e. The zero-order valence-corrected chi connectivity index (χ0v) is 38.1. The maximum Gasteiger partial charge on any atom is 0.161 e. The standard InChI is InChI=1S/C46H84O10/c1-17-33-38(47)23(7)28(12)43(49-33)54-40-25(9)30(14)45(51-35(40)19-3)56-42-27(11)31(15)46(52-37(42)21-5)55-41-26(10)29(13)44(50-36(41)20-4)53-39-24(8)22(6)32(16)48-34(39)18-2/h22-47H,17-21H2,1-16H3/t22?,23-,24-,25-,26?,27?,28?,29?,30?,31?,32+,33?,34?,35?,36-,37-,38-,39-,40-,41+,42+,43?,44-,45+,46-/m1/s1. The van der Waals surface area contributed by atoms with E-state index in [1.165, 1.54) is 0 Å². The molecule has 10 heteroatoms. The molecule has 0 saturated carbocycles. The van der Waals surface area contributed by atoms with Gasteiger partial charge in [0.15, 0.2) is 25.2 Å². The highest BCUT2D eigenvalue weighted by molar-refractivity contribution is 4.94. The van der Waals surface area contributed by atoms with Gasteiger partial charge < -0.3 is 47.7 Å². The monoisotopic (exact) mass is 797 g/mol. The molecule has 5 heterocycles. The van der Waals surface area contributed by atoms with Gasteiger partial charge in [0, 0.05) is 23.7 Å². The fraction of sp³-hybridized carbons (Fsp3) is 1.00. The largest absolute Gasteiger partial charge is 0.390 e. The Morgan fingerprint density at radius 3 is 0.875 bits per heavy atom. The highest BCUT2D eigenvalue weighted by atomic mass is 16.7. The lowest BCUT2D eigenvalue weighted by molar-refractivity contribution is -0.363. The predicted octanol–water partition coefficient (Wildman–Crippen LogP) is 8.99. The summed E-state index contributed by atoms with van der Waals surface area (Å²) in [7, 11) is 0. The van der Waals surface area contributed by atoms with E-state index in [0.29, 0.717) is 11.8 Å². The number of hydrogen-bond donors (Lipinski definition) is 1. The van der Waals surface area contributed by atoms with Gasteiger partial charge in [-0.25, -0.2) is 0 Å². The molecular weight excluding hydrogens is 712 g/mol. The van der Waals surface area contributed by atoms with Gasteiger partial charge in [-0.3, -0.25) is 0 Å². The second-order valence-corrected chi connectivity index (χ2v) is 19.1. The van der Waals surface area contributed by atoms with E-state index >= 15 is 0 Å². The van der Waals surface area contributed by atoms with Gasteiger partial charge in [-0.1, -0.05) is 104 Å². The van der Waals surface area contributed by atoms with Crippen LogP contribution in [0.25, 0.3) is 0 Å². The Bertz CT molecular complexity index is 1180. The first-order chi connectivity index (χ1) is 26.5. The summed E-state index contributed by atoms with van der Waals surface area (Å²) in [6, 6.07) is 0. The van der Waals surface area contributed by atoms with E-state index in [9.17, 15) is 5.11 Å². The van der Waals surface area contributed by atoms with Crippen LogP contribution in [0.4, 0.5) is 0 Å². The van der Waals surface area contributed by atoms with Crippen LogP contribution in [0, 0.1) is 59.2 Å². The maximum atomic E-state index is 10.8. The smallest absolute Gasteiger partial charge is 0.161 e. The van der Waals surface area contributed by atoms with E-state index in [4.69, 9.17) is 42.6 Å². The summed E-state index contributed by atoms with van der Waals surface area (Å²) in [6.07, 6.45) is 1.42. The Kier molecular flexibility index (Phi) is 16.7. The minimum atomic E-state index is -0.483. The Labute approximate surface area is 341 Å². The van der Waals surface area contributed by atoms with Gasteiger partial charge in [0.05, 0.1) is 67.1 Å². The Hall–Kier alpha value is -0.400. The lowest BCUT2D eigenvalue weighted by Crippen LogP contribution is -2.59. The zero-order valence-electron chi connectivity index (χ0n) is 38.1. The second-order valence-electron chi connectivity index (χ2n) is 19.1. The van der Waals surface area contributed by atoms with Crippen LogP contribution in [0.3, 0.4) is 0 Å². The van der Waals surface area contributed by atoms with Crippen LogP contribution in [0.1, 0.15) is 143 Å². The Morgan fingerprint density at radius 1 is 0.321 bits per heavy atom. The van der Waals surface area contributed by atoms with Crippen LogP contribution < -0.4 is 0 Å². The zero-order chi connectivity index (χ0) is 41.3. The quantitative estimate of drug-likeness (QED) is 0.194. The third kappa shape index (κ3) is 9.40. The van der Waals surface area contributed by atoms with Crippen molar-refractivity contribution in [3.8, 4) is 0 Å². The molecule has 328 valence electrons. The topological polar surface area (TPSA) is 103 Å². The van der Waals surface area contributed by atoms with Crippen molar-refractivity contribution in [2.24, 2.45) is 59.2 Å². The van der Waals surface area contributed by atoms with E-state index in [-0.39, 0.29) is 134 Å². The summed E-state index contributed by atoms with van der Waals surface area (Å²) in [5, 5.41) is 10.8. The lowest BCUT2D eigenvalue weighted by Gasteiger charge is -2.52. The van der Waals surface area contributed by atoms with Crippen molar-refractivity contribution in [3.63, 3.8) is 0 Å². The third-order valence-electron chi connectivity index (χ3n) is 15.9. The van der Waals surface area contributed by atoms with Gasteiger partial charge in [-0.15, -0.1) is 0 Å². The molecule has 56 heavy (non-hydrogen) atoms. The average Bonchev–Trinajstić information content (AvgIpc) is 3.19. The number of ether oxygens (including phenoxy) is 9. The molecule has 0 aromatic carbocycles.